The average Bonchev–Trinajstić information content (AvgIpc) is 3.00. The highest BCUT2D eigenvalue weighted by atomic mass is 16.2. The zero-order valence-electron chi connectivity index (χ0n) is 15.6. The maximum atomic E-state index is 12.3. The van der Waals surface area contributed by atoms with Gasteiger partial charge < -0.3 is 5.32 Å². The number of hydrogen-bond donors (Lipinski definition) is 1. The van der Waals surface area contributed by atoms with Crippen LogP contribution in [0.25, 0.3) is 0 Å². The molecule has 27 heavy (non-hydrogen) atoms. The standard InChI is InChI=1S/C22H23N3O2/c1-16-8-10-19(11-9-16)20(26)12-13-22(27)23-21-14-17(2)24-25(21)15-18-6-4-3-5-7-18/h3-11,14H,12-13,15H2,1-2H3,(H,23,27). The van der Waals surface area contributed by atoms with E-state index in [1.54, 1.807) is 16.8 Å². The highest BCUT2D eigenvalue weighted by Crippen LogP contribution is 2.14. The van der Waals surface area contributed by atoms with Gasteiger partial charge in [0.2, 0.25) is 5.91 Å². The lowest BCUT2D eigenvalue weighted by molar-refractivity contribution is -0.116. The Bertz CT molecular complexity index is 928. The van der Waals surface area contributed by atoms with Gasteiger partial charge in [0.1, 0.15) is 5.82 Å². The van der Waals surface area contributed by atoms with Gasteiger partial charge in [-0.2, -0.15) is 5.10 Å². The number of carbonyl (C=O) groups excluding carboxylic acids is 2. The van der Waals surface area contributed by atoms with E-state index < -0.39 is 0 Å². The van der Waals surface area contributed by atoms with Crippen molar-refractivity contribution in [2.75, 3.05) is 5.32 Å². The van der Waals surface area contributed by atoms with E-state index in [1.165, 1.54) is 0 Å². The van der Waals surface area contributed by atoms with Gasteiger partial charge in [-0.1, -0.05) is 60.2 Å². The molecule has 138 valence electrons. The lowest BCUT2D eigenvalue weighted by atomic mass is 10.1. The molecule has 0 aliphatic carbocycles. The number of ketones is 1. The topological polar surface area (TPSA) is 64.0 Å². The summed E-state index contributed by atoms with van der Waals surface area (Å²) in [5.41, 5.74) is 3.67. The fourth-order valence-corrected chi connectivity index (χ4v) is 2.84. The number of aromatic nitrogens is 2. The van der Waals surface area contributed by atoms with Crippen LogP contribution in [0.3, 0.4) is 0 Å². The number of nitrogens with zero attached hydrogens (tertiary/aromatic N) is 2. The zero-order valence-corrected chi connectivity index (χ0v) is 15.6. The van der Waals surface area contributed by atoms with E-state index in [4.69, 9.17) is 0 Å². The third-order valence-electron chi connectivity index (χ3n) is 4.30. The summed E-state index contributed by atoms with van der Waals surface area (Å²) < 4.78 is 1.77. The van der Waals surface area contributed by atoms with Gasteiger partial charge in [-0.15, -0.1) is 0 Å². The minimum atomic E-state index is -0.190. The SMILES string of the molecule is Cc1ccc(C(=O)CCC(=O)Nc2cc(C)nn2Cc2ccccc2)cc1. The lowest BCUT2D eigenvalue weighted by Gasteiger charge is -2.09. The average molecular weight is 361 g/mol. The van der Waals surface area contributed by atoms with Crippen molar-refractivity contribution in [2.45, 2.75) is 33.2 Å². The van der Waals surface area contributed by atoms with Crippen LogP contribution in [0, 0.1) is 13.8 Å². The summed E-state index contributed by atoms with van der Waals surface area (Å²) in [6.07, 6.45) is 0.322. The molecule has 2 aromatic carbocycles. The molecule has 1 amide bonds. The van der Waals surface area contributed by atoms with Gasteiger partial charge in [-0.05, 0) is 19.4 Å². The van der Waals surface area contributed by atoms with Crippen LogP contribution in [0.2, 0.25) is 0 Å². The maximum Gasteiger partial charge on any atom is 0.225 e. The first-order valence-electron chi connectivity index (χ1n) is 8.99. The number of nitrogens with one attached hydrogen (secondary N) is 1. The van der Waals surface area contributed by atoms with Gasteiger partial charge >= 0.3 is 0 Å². The number of Topliss-reactive ketones (excluding diaryl/α,β-unsaturated/α-hetero) is 1. The predicted molar refractivity (Wildman–Crippen MR) is 106 cm³/mol. The maximum absolute atomic E-state index is 12.3. The Balaban J connectivity index is 1.59. The van der Waals surface area contributed by atoms with Gasteiger partial charge in [0.15, 0.2) is 5.78 Å². The number of hydrogen-bond acceptors (Lipinski definition) is 3. The summed E-state index contributed by atoms with van der Waals surface area (Å²) in [6, 6.07) is 19.2. The highest BCUT2D eigenvalue weighted by molar-refractivity contribution is 5.99. The number of amides is 1. The van der Waals surface area contributed by atoms with Gasteiger partial charge in [0, 0.05) is 24.5 Å². The van der Waals surface area contributed by atoms with E-state index in [2.05, 4.69) is 10.4 Å². The van der Waals surface area contributed by atoms with E-state index >= 15 is 0 Å². The van der Waals surface area contributed by atoms with E-state index in [9.17, 15) is 9.59 Å². The van der Waals surface area contributed by atoms with Crippen LogP contribution >= 0.6 is 0 Å². The fraction of sp³-hybridized carbons (Fsp3) is 0.227. The lowest BCUT2D eigenvalue weighted by Crippen LogP contribution is -2.17. The van der Waals surface area contributed by atoms with Crippen molar-refractivity contribution in [3.63, 3.8) is 0 Å². The van der Waals surface area contributed by atoms with Crippen LogP contribution < -0.4 is 5.32 Å². The smallest absolute Gasteiger partial charge is 0.225 e. The molecule has 0 aliphatic heterocycles. The second-order valence-corrected chi connectivity index (χ2v) is 6.65. The third kappa shape index (κ3) is 5.14. The number of benzene rings is 2. The molecule has 1 N–H and O–H groups in total. The zero-order chi connectivity index (χ0) is 19.2. The molecule has 0 spiro atoms. The molecule has 1 aromatic heterocycles. The van der Waals surface area contributed by atoms with Gasteiger partial charge in [0.05, 0.1) is 12.2 Å². The molecule has 5 nitrogen and oxygen atoms in total. The van der Waals surface area contributed by atoms with Crippen LogP contribution in [0.1, 0.15) is 40.0 Å². The van der Waals surface area contributed by atoms with Crippen molar-refractivity contribution in [2.24, 2.45) is 0 Å². The first kappa shape index (κ1) is 18.6. The second kappa shape index (κ2) is 8.45. The number of aryl methyl sites for hydroxylation is 2. The Morgan fingerprint density at radius 2 is 1.67 bits per heavy atom. The molecular weight excluding hydrogens is 338 g/mol. The minimum absolute atomic E-state index is 0.0286. The van der Waals surface area contributed by atoms with Crippen LogP contribution in [0.15, 0.2) is 60.7 Å². The summed E-state index contributed by atoms with van der Waals surface area (Å²) in [7, 11) is 0. The summed E-state index contributed by atoms with van der Waals surface area (Å²) in [4.78, 5) is 24.5. The fourth-order valence-electron chi connectivity index (χ4n) is 2.84. The van der Waals surface area contributed by atoms with Crippen LogP contribution in [-0.4, -0.2) is 21.5 Å². The minimum Gasteiger partial charge on any atom is -0.311 e. The molecule has 1 heterocycles. The molecule has 0 fully saturated rings. The molecule has 0 atom stereocenters. The van der Waals surface area contributed by atoms with Crippen LogP contribution in [0.5, 0.6) is 0 Å². The third-order valence-corrected chi connectivity index (χ3v) is 4.30. The Kier molecular flexibility index (Phi) is 5.81. The van der Waals surface area contributed by atoms with Crippen molar-refractivity contribution in [1.82, 2.24) is 9.78 Å². The van der Waals surface area contributed by atoms with Gasteiger partial charge in [-0.25, -0.2) is 4.68 Å². The van der Waals surface area contributed by atoms with E-state index in [0.717, 1.165) is 16.8 Å². The van der Waals surface area contributed by atoms with E-state index in [-0.39, 0.29) is 24.5 Å². The summed E-state index contributed by atoms with van der Waals surface area (Å²) >= 11 is 0. The van der Waals surface area contributed by atoms with Crippen molar-refractivity contribution < 1.29 is 9.59 Å². The molecular formula is C22H23N3O2. The molecule has 3 rings (SSSR count). The molecule has 0 saturated heterocycles. The van der Waals surface area contributed by atoms with Crippen LogP contribution in [0.4, 0.5) is 5.82 Å². The molecule has 0 saturated carbocycles. The van der Waals surface area contributed by atoms with Crippen molar-refractivity contribution in [3.8, 4) is 0 Å². The summed E-state index contributed by atoms with van der Waals surface area (Å²) in [5.74, 6) is 0.424. The normalized spacial score (nSPS) is 10.6. The first-order chi connectivity index (χ1) is 13.0. The van der Waals surface area contributed by atoms with E-state index in [1.807, 2.05) is 62.4 Å². The summed E-state index contributed by atoms with van der Waals surface area (Å²) in [6.45, 7) is 4.44. The first-order valence-corrected chi connectivity index (χ1v) is 8.99. The van der Waals surface area contributed by atoms with Gasteiger partial charge in [-0.3, -0.25) is 9.59 Å². The Morgan fingerprint density at radius 1 is 0.963 bits per heavy atom. The van der Waals surface area contributed by atoms with Gasteiger partial charge in [0.25, 0.3) is 0 Å². The number of carbonyl (C=O) groups is 2. The molecule has 0 unspecified atom stereocenters. The molecule has 0 radical (unpaired) electrons. The number of anilines is 1. The summed E-state index contributed by atoms with van der Waals surface area (Å²) in [5, 5.41) is 7.32. The van der Waals surface area contributed by atoms with Crippen LogP contribution in [-0.2, 0) is 11.3 Å². The van der Waals surface area contributed by atoms with E-state index in [0.29, 0.717) is 17.9 Å². The molecule has 5 heteroatoms. The molecule has 0 bridgehead atoms. The predicted octanol–water partition coefficient (Wildman–Crippen LogP) is 4.15. The van der Waals surface area contributed by atoms with Crippen molar-refractivity contribution in [1.29, 1.82) is 0 Å². The quantitative estimate of drug-likeness (QED) is 0.643. The van der Waals surface area contributed by atoms with Crippen molar-refractivity contribution >= 4 is 17.5 Å². The highest BCUT2D eigenvalue weighted by Gasteiger charge is 2.12. The largest absolute Gasteiger partial charge is 0.311 e. The Hall–Kier alpha value is -3.21. The number of rotatable bonds is 7. The monoisotopic (exact) mass is 361 g/mol. The molecule has 0 aliphatic rings. The molecule has 3 aromatic rings. The Morgan fingerprint density at radius 3 is 2.37 bits per heavy atom. The Labute approximate surface area is 159 Å². The second-order valence-electron chi connectivity index (χ2n) is 6.65. The van der Waals surface area contributed by atoms with Crippen molar-refractivity contribution in [3.05, 3.63) is 83.0 Å².